The van der Waals surface area contributed by atoms with Crippen LogP contribution in [0.25, 0.3) is 0 Å². The van der Waals surface area contributed by atoms with Crippen LogP contribution in [0, 0.1) is 0 Å². The first kappa shape index (κ1) is 24.5. The Morgan fingerprint density at radius 3 is 2.31 bits per heavy atom. The zero-order valence-corrected chi connectivity index (χ0v) is 20.3. The summed E-state index contributed by atoms with van der Waals surface area (Å²) in [5.41, 5.74) is 0.423. The van der Waals surface area contributed by atoms with Crippen molar-refractivity contribution in [2.75, 3.05) is 22.9 Å². The van der Waals surface area contributed by atoms with Gasteiger partial charge in [-0.2, -0.15) is 11.8 Å². The predicted molar refractivity (Wildman–Crippen MR) is 132 cm³/mol. The minimum absolute atomic E-state index is 0.302. The van der Waals surface area contributed by atoms with Crippen molar-refractivity contribution in [3.8, 4) is 11.5 Å². The van der Waals surface area contributed by atoms with E-state index < -0.39 is 16.1 Å². The van der Waals surface area contributed by atoms with Gasteiger partial charge in [0, 0.05) is 17.5 Å². The highest BCUT2D eigenvalue weighted by atomic mass is 32.2. The lowest BCUT2D eigenvalue weighted by Gasteiger charge is -2.28. The van der Waals surface area contributed by atoms with Crippen molar-refractivity contribution < 1.29 is 17.9 Å². The summed E-state index contributed by atoms with van der Waals surface area (Å²) >= 11 is 1.90. The number of carbonyl (C=O) groups is 1. The van der Waals surface area contributed by atoms with Gasteiger partial charge in [0.15, 0.2) is 0 Å². The second-order valence-corrected chi connectivity index (χ2v) is 11.3. The van der Waals surface area contributed by atoms with E-state index >= 15 is 0 Å². The fourth-order valence-electron chi connectivity index (χ4n) is 3.87. The smallest absolute Gasteiger partial charge is 0.243 e. The molecule has 1 amide bonds. The van der Waals surface area contributed by atoms with Gasteiger partial charge in [0.2, 0.25) is 15.9 Å². The molecule has 0 saturated heterocycles. The number of nitrogens with zero attached hydrogens (tertiary/aromatic N) is 1. The summed E-state index contributed by atoms with van der Waals surface area (Å²) in [5, 5.41) is 3.58. The van der Waals surface area contributed by atoms with Crippen molar-refractivity contribution in [1.82, 2.24) is 5.32 Å². The number of hydrogen-bond donors (Lipinski definition) is 1. The highest BCUT2D eigenvalue weighted by Gasteiger charge is 2.29. The molecule has 174 valence electrons. The predicted octanol–water partition coefficient (Wildman–Crippen LogP) is 4.82. The van der Waals surface area contributed by atoms with Crippen molar-refractivity contribution in [3.05, 3.63) is 54.6 Å². The lowest BCUT2D eigenvalue weighted by atomic mass is 10.0. The van der Waals surface area contributed by atoms with E-state index in [4.69, 9.17) is 4.74 Å². The zero-order valence-electron chi connectivity index (χ0n) is 18.7. The average Bonchev–Trinajstić information content (AvgIpc) is 2.78. The van der Waals surface area contributed by atoms with E-state index in [2.05, 4.69) is 5.32 Å². The standard InChI is InChI=1S/C24H32N2O4S2/c1-19(24(27)25-17-18-31-23-11-7-4-8-12-23)26(32(2,28)29)20-13-15-22(16-14-20)30-21-9-5-3-6-10-21/h3,5-6,9-10,13-16,19,23H,4,7-8,11-12,17-18H2,1-2H3,(H,25,27)/t19-/m0/s1. The molecule has 0 aromatic heterocycles. The topological polar surface area (TPSA) is 75.7 Å². The van der Waals surface area contributed by atoms with Gasteiger partial charge < -0.3 is 10.1 Å². The number of nitrogens with one attached hydrogen (secondary N) is 1. The minimum Gasteiger partial charge on any atom is -0.457 e. The molecule has 1 fully saturated rings. The number of benzene rings is 2. The van der Waals surface area contributed by atoms with Gasteiger partial charge in [-0.1, -0.05) is 37.5 Å². The molecule has 32 heavy (non-hydrogen) atoms. The molecule has 0 radical (unpaired) electrons. The third-order valence-corrected chi connectivity index (χ3v) is 8.09. The summed E-state index contributed by atoms with van der Waals surface area (Å²) in [6.07, 6.45) is 7.52. The summed E-state index contributed by atoms with van der Waals surface area (Å²) in [6.45, 7) is 2.14. The van der Waals surface area contributed by atoms with Gasteiger partial charge in [-0.25, -0.2) is 8.42 Å². The Labute approximate surface area is 195 Å². The lowest BCUT2D eigenvalue weighted by Crippen LogP contribution is -2.48. The van der Waals surface area contributed by atoms with Crippen LogP contribution in [0.1, 0.15) is 39.0 Å². The van der Waals surface area contributed by atoms with E-state index in [0.29, 0.717) is 29.0 Å². The van der Waals surface area contributed by atoms with E-state index in [1.807, 2.05) is 42.1 Å². The molecule has 1 N–H and O–H groups in total. The summed E-state index contributed by atoms with van der Waals surface area (Å²) in [5.74, 6) is 1.82. The molecule has 6 nitrogen and oxygen atoms in total. The van der Waals surface area contributed by atoms with Crippen molar-refractivity contribution in [2.45, 2.75) is 50.3 Å². The number of ether oxygens (including phenoxy) is 1. The van der Waals surface area contributed by atoms with Crippen LogP contribution >= 0.6 is 11.8 Å². The van der Waals surface area contributed by atoms with Crippen LogP contribution in [-0.2, 0) is 14.8 Å². The third kappa shape index (κ3) is 7.17. The number of rotatable bonds is 10. The Balaban J connectivity index is 1.59. The highest BCUT2D eigenvalue weighted by Crippen LogP contribution is 2.28. The van der Waals surface area contributed by atoms with Gasteiger partial charge in [0.05, 0.1) is 11.9 Å². The molecule has 1 aliphatic carbocycles. The Morgan fingerprint density at radius 1 is 1.06 bits per heavy atom. The van der Waals surface area contributed by atoms with Crippen LogP contribution in [0.15, 0.2) is 54.6 Å². The highest BCUT2D eigenvalue weighted by molar-refractivity contribution is 7.99. The van der Waals surface area contributed by atoms with Crippen LogP contribution in [0.5, 0.6) is 11.5 Å². The molecule has 1 atom stereocenters. The van der Waals surface area contributed by atoms with Gasteiger partial charge >= 0.3 is 0 Å². The molecule has 0 bridgehead atoms. The molecule has 2 aromatic carbocycles. The van der Waals surface area contributed by atoms with Crippen LogP contribution in [-0.4, -0.2) is 44.2 Å². The first-order chi connectivity index (χ1) is 15.3. The monoisotopic (exact) mass is 476 g/mol. The maximum absolute atomic E-state index is 12.7. The first-order valence-electron chi connectivity index (χ1n) is 11.1. The van der Waals surface area contributed by atoms with E-state index in [1.165, 1.54) is 32.1 Å². The average molecular weight is 477 g/mol. The summed E-state index contributed by atoms with van der Waals surface area (Å²) in [4.78, 5) is 12.7. The Kier molecular flexibility index (Phi) is 8.87. The number of amides is 1. The van der Waals surface area contributed by atoms with Crippen molar-refractivity contribution in [3.63, 3.8) is 0 Å². The fourth-order valence-corrected chi connectivity index (χ4v) is 6.27. The van der Waals surface area contributed by atoms with Crippen LogP contribution in [0.2, 0.25) is 0 Å². The van der Waals surface area contributed by atoms with Gasteiger partial charge in [-0.05, 0) is 56.2 Å². The van der Waals surface area contributed by atoms with Crippen LogP contribution < -0.4 is 14.4 Å². The lowest BCUT2D eigenvalue weighted by molar-refractivity contribution is -0.121. The molecular weight excluding hydrogens is 444 g/mol. The quantitative estimate of drug-likeness (QED) is 0.498. The summed E-state index contributed by atoms with van der Waals surface area (Å²) in [6, 6.07) is 15.2. The maximum Gasteiger partial charge on any atom is 0.243 e. The summed E-state index contributed by atoms with van der Waals surface area (Å²) < 4.78 is 31.9. The number of hydrogen-bond acceptors (Lipinski definition) is 5. The maximum atomic E-state index is 12.7. The molecule has 0 spiro atoms. The van der Waals surface area contributed by atoms with Crippen molar-refractivity contribution >= 4 is 33.4 Å². The third-order valence-electron chi connectivity index (χ3n) is 5.47. The van der Waals surface area contributed by atoms with E-state index in [9.17, 15) is 13.2 Å². The van der Waals surface area contributed by atoms with Gasteiger partial charge in [0.1, 0.15) is 17.5 Å². The molecule has 8 heteroatoms. The number of para-hydroxylation sites is 1. The molecule has 2 aromatic rings. The van der Waals surface area contributed by atoms with Crippen LogP contribution in [0.4, 0.5) is 5.69 Å². The van der Waals surface area contributed by atoms with E-state index in [0.717, 1.165) is 16.3 Å². The van der Waals surface area contributed by atoms with Gasteiger partial charge in [0.25, 0.3) is 0 Å². The molecule has 0 heterocycles. The largest absolute Gasteiger partial charge is 0.457 e. The van der Waals surface area contributed by atoms with Crippen molar-refractivity contribution in [1.29, 1.82) is 0 Å². The number of thioether (sulfide) groups is 1. The first-order valence-corrected chi connectivity index (χ1v) is 14.0. The normalized spacial score (nSPS) is 15.7. The van der Waals surface area contributed by atoms with E-state index in [-0.39, 0.29) is 5.91 Å². The van der Waals surface area contributed by atoms with Gasteiger partial charge in [-0.15, -0.1) is 0 Å². The molecule has 3 rings (SSSR count). The van der Waals surface area contributed by atoms with E-state index in [1.54, 1.807) is 31.2 Å². The summed E-state index contributed by atoms with van der Waals surface area (Å²) in [7, 11) is -3.66. The Bertz CT molecular complexity index is 959. The Hall–Kier alpha value is -2.19. The van der Waals surface area contributed by atoms with Crippen molar-refractivity contribution in [2.24, 2.45) is 0 Å². The SMILES string of the molecule is C[C@@H](C(=O)NCCSC1CCCCC1)N(c1ccc(Oc2ccccc2)cc1)S(C)(=O)=O. The second-order valence-electron chi connectivity index (χ2n) is 8.07. The molecule has 1 aliphatic rings. The minimum atomic E-state index is -3.66. The number of carbonyl (C=O) groups excluding carboxylic acids is 1. The fraction of sp³-hybridized carbons (Fsp3) is 0.458. The Morgan fingerprint density at radius 2 is 1.69 bits per heavy atom. The van der Waals surface area contributed by atoms with Gasteiger partial charge in [-0.3, -0.25) is 9.10 Å². The molecule has 1 saturated carbocycles. The molecule has 0 aliphatic heterocycles. The number of sulfonamides is 1. The van der Waals surface area contributed by atoms with Crippen LogP contribution in [0.3, 0.4) is 0 Å². The molecular formula is C24H32N2O4S2. The number of anilines is 1. The molecule has 0 unspecified atom stereocenters. The second kappa shape index (κ2) is 11.6. The zero-order chi connectivity index (χ0) is 23.0.